The Hall–Kier alpha value is -3.22. The van der Waals surface area contributed by atoms with Gasteiger partial charge in [0.05, 0.1) is 4.92 Å². The lowest BCUT2D eigenvalue weighted by molar-refractivity contribution is -0.385. The predicted octanol–water partition coefficient (Wildman–Crippen LogP) is 3.11. The second kappa shape index (κ2) is 6.69. The molecule has 0 aliphatic rings. The van der Waals surface area contributed by atoms with Gasteiger partial charge in [-0.1, -0.05) is 12.1 Å². The zero-order chi connectivity index (χ0) is 17.0. The predicted molar refractivity (Wildman–Crippen MR) is 86.5 cm³/mol. The molecule has 0 bridgehead atoms. The monoisotopic (exact) mass is 313 g/mol. The van der Waals surface area contributed by atoms with Gasteiger partial charge in [-0.3, -0.25) is 19.7 Å². The van der Waals surface area contributed by atoms with Gasteiger partial charge in [0, 0.05) is 35.5 Å². The zero-order valence-corrected chi connectivity index (χ0v) is 12.6. The standard InChI is InChI=1S/C16H15N3O4/c1-10-14(7-4-8-15(10)19(22)23)16(21)18-13-6-3-5-12(9-13)17-11(2)20/h3-9H,1-2H3,(H,17,20)(H,18,21). The Balaban J connectivity index is 2.24. The fourth-order valence-electron chi connectivity index (χ4n) is 2.14. The average Bonchev–Trinajstić information content (AvgIpc) is 2.46. The number of nitro groups is 1. The summed E-state index contributed by atoms with van der Waals surface area (Å²) < 4.78 is 0. The Labute approximate surface area is 132 Å². The highest BCUT2D eigenvalue weighted by molar-refractivity contribution is 6.06. The summed E-state index contributed by atoms with van der Waals surface area (Å²) in [6, 6.07) is 11.0. The second-order valence-corrected chi connectivity index (χ2v) is 4.92. The van der Waals surface area contributed by atoms with Crippen molar-refractivity contribution in [1.82, 2.24) is 0 Å². The molecule has 2 N–H and O–H groups in total. The maximum absolute atomic E-state index is 12.3. The molecule has 0 atom stereocenters. The summed E-state index contributed by atoms with van der Waals surface area (Å²) in [6.45, 7) is 2.92. The minimum atomic E-state index is -0.524. The Kier molecular flexibility index (Phi) is 4.70. The molecule has 7 nitrogen and oxygen atoms in total. The van der Waals surface area contributed by atoms with Crippen LogP contribution in [0.4, 0.5) is 17.1 Å². The molecule has 23 heavy (non-hydrogen) atoms. The normalized spacial score (nSPS) is 10.0. The number of carbonyl (C=O) groups excluding carboxylic acids is 2. The van der Waals surface area contributed by atoms with Crippen LogP contribution in [0.5, 0.6) is 0 Å². The van der Waals surface area contributed by atoms with E-state index in [4.69, 9.17) is 0 Å². The Morgan fingerprint density at radius 1 is 1.04 bits per heavy atom. The first-order chi connectivity index (χ1) is 10.9. The molecule has 2 rings (SSSR count). The SMILES string of the molecule is CC(=O)Nc1cccc(NC(=O)c2cccc([N+](=O)[O-])c2C)c1. The van der Waals surface area contributed by atoms with Crippen LogP contribution in [0.1, 0.15) is 22.8 Å². The van der Waals surface area contributed by atoms with Crippen LogP contribution >= 0.6 is 0 Å². The second-order valence-electron chi connectivity index (χ2n) is 4.92. The van der Waals surface area contributed by atoms with Crippen molar-refractivity contribution in [3.8, 4) is 0 Å². The van der Waals surface area contributed by atoms with Crippen LogP contribution in [-0.2, 0) is 4.79 Å². The van der Waals surface area contributed by atoms with E-state index < -0.39 is 10.8 Å². The summed E-state index contributed by atoms with van der Waals surface area (Å²) in [5, 5.41) is 16.2. The van der Waals surface area contributed by atoms with Gasteiger partial charge in [0.15, 0.2) is 0 Å². The minimum absolute atomic E-state index is 0.107. The van der Waals surface area contributed by atoms with Crippen molar-refractivity contribution in [2.24, 2.45) is 0 Å². The summed E-state index contributed by atoms with van der Waals surface area (Å²) in [5.41, 5.74) is 1.44. The van der Waals surface area contributed by atoms with Crippen molar-refractivity contribution in [3.05, 3.63) is 63.7 Å². The quantitative estimate of drug-likeness (QED) is 0.668. The first-order valence-corrected chi connectivity index (χ1v) is 6.81. The summed E-state index contributed by atoms with van der Waals surface area (Å²) in [4.78, 5) is 33.8. The highest BCUT2D eigenvalue weighted by Crippen LogP contribution is 2.22. The number of amides is 2. The van der Waals surface area contributed by atoms with Crippen molar-refractivity contribution >= 4 is 28.9 Å². The van der Waals surface area contributed by atoms with Crippen LogP contribution in [-0.4, -0.2) is 16.7 Å². The van der Waals surface area contributed by atoms with Crippen molar-refractivity contribution in [3.63, 3.8) is 0 Å². The molecule has 118 valence electrons. The van der Waals surface area contributed by atoms with E-state index in [0.29, 0.717) is 16.9 Å². The van der Waals surface area contributed by atoms with E-state index in [2.05, 4.69) is 10.6 Å². The van der Waals surface area contributed by atoms with E-state index in [1.807, 2.05) is 0 Å². The number of carbonyl (C=O) groups is 2. The molecule has 0 saturated carbocycles. The van der Waals surface area contributed by atoms with Gasteiger partial charge < -0.3 is 10.6 Å². The van der Waals surface area contributed by atoms with Gasteiger partial charge in [0.1, 0.15) is 0 Å². The lowest BCUT2D eigenvalue weighted by atomic mass is 10.1. The maximum atomic E-state index is 12.3. The highest BCUT2D eigenvalue weighted by atomic mass is 16.6. The first-order valence-electron chi connectivity index (χ1n) is 6.81. The molecule has 0 fully saturated rings. The van der Waals surface area contributed by atoms with Gasteiger partial charge in [0.2, 0.25) is 5.91 Å². The summed E-state index contributed by atoms with van der Waals surface area (Å²) in [5.74, 6) is -0.672. The van der Waals surface area contributed by atoms with Crippen molar-refractivity contribution < 1.29 is 14.5 Å². The Bertz CT molecular complexity index is 787. The third kappa shape index (κ3) is 3.91. The minimum Gasteiger partial charge on any atom is -0.326 e. The largest absolute Gasteiger partial charge is 0.326 e. The number of rotatable bonds is 4. The van der Waals surface area contributed by atoms with E-state index in [1.54, 1.807) is 24.3 Å². The van der Waals surface area contributed by atoms with Crippen LogP contribution in [0.2, 0.25) is 0 Å². The number of nitro benzene ring substituents is 1. The summed E-state index contributed by atoms with van der Waals surface area (Å²) in [7, 11) is 0. The molecule has 7 heteroatoms. The lowest BCUT2D eigenvalue weighted by Crippen LogP contribution is -2.14. The van der Waals surface area contributed by atoms with Crippen molar-refractivity contribution in [1.29, 1.82) is 0 Å². The molecule has 0 radical (unpaired) electrons. The molecule has 0 saturated heterocycles. The number of nitrogens with one attached hydrogen (secondary N) is 2. The maximum Gasteiger partial charge on any atom is 0.273 e. The van der Waals surface area contributed by atoms with Gasteiger partial charge in [0.25, 0.3) is 11.6 Å². The molecule has 0 spiro atoms. The van der Waals surface area contributed by atoms with Gasteiger partial charge in [-0.25, -0.2) is 0 Å². The topological polar surface area (TPSA) is 101 Å². The lowest BCUT2D eigenvalue weighted by Gasteiger charge is -2.09. The first kappa shape index (κ1) is 16.2. The Morgan fingerprint density at radius 2 is 1.65 bits per heavy atom. The third-order valence-corrected chi connectivity index (χ3v) is 3.19. The molecule has 2 aromatic rings. The molecular weight excluding hydrogens is 298 g/mol. The van der Waals surface area contributed by atoms with Crippen LogP contribution in [0.3, 0.4) is 0 Å². The number of nitrogens with zero attached hydrogens (tertiary/aromatic N) is 1. The van der Waals surface area contributed by atoms with Gasteiger partial charge in [-0.15, -0.1) is 0 Å². The van der Waals surface area contributed by atoms with E-state index in [1.165, 1.54) is 32.0 Å². The Morgan fingerprint density at radius 3 is 2.26 bits per heavy atom. The van der Waals surface area contributed by atoms with Crippen LogP contribution in [0.25, 0.3) is 0 Å². The molecule has 0 aromatic heterocycles. The summed E-state index contributed by atoms with van der Waals surface area (Å²) in [6.07, 6.45) is 0. The zero-order valence-electron chi connectivity index (χ0n) is 12.6. The molecule has 2 amide bonds. The fourth-order valence-corrected chi connectivity index (χ4v) is 2.14. The third-order valence-electron chi connectivity index (χ3n) is 3.19. The van der Waals surface area contributed by atoms with Gasteiger partial charge in [-0.05, 0) is 31.2 Å². The van der Waals surface area contributed by atoms with Crippen LogP contribution in [0, 0.1) is 17.0 Å². The fraction of sp³-hybridized carbons (Fsp3) is 0.125. The molecule has 2 aromatic carbocycles. The molecule has 0 aliphatic heterocycles. The highest BCUT2D eigenvalue weighted by Gasteiger charge is 2.18. The molecule has 0 heterocycles. The van der Waals surface area contributed by atoms with Crippen molar-refractivity contribution in [2.75, 3.05) is 10.6 Å². The van der Waals surface area contributed by atoms with Gasteiger partial charge >= 0.3 is 0 Å². The van der Waals surface area contributed by atoms with E-state index in [9.17, 15) is 19.7 Å². The van der Waals surface area contributed by atoms with Crippen LogP contribution < -0.4 is 10.6 Å². The summed E-state index contributed by atoms with van der Waals surface area (Å²) >= 11 is 0. The molecule has 0 aliphatic carbocycles. The molecule has 0 unspecified atom stereocenters. The van der Waals surface area contributed by atoms with Crippen LogP contribution in [0.15, 0.2) is 42.5 Å². The number of anilines is 2. The smallest absolute Gasteiger partial charge is 0.273 e. The average molecular weight is 313 g/mol. The van der Waals surface area contributed by atoms with Gasteiger partial charge in [-0.2, -0.15) is 0 Å². The van der Waals surface area contributed by atoms with E-state index >= 15 is 0 Å². The molecular formula is C16H15N3O4. The van der Waals surface area contributed by atoms with E-state index in [0.717, 1.165) is 0 Å². The number of benzene rings is 2. The van der Waals surface area contributed by atoms with Crippen molar-refractivity contribution in [2.45, 2.75) is 13.8 Å². The van der Waals surface area contributed by atoms with E-state index in [-0.39, 0.29) is 17.2 Å². The number of hydrogen-bond donors (Lipinski definition) is 2. The number of hydrogen-bond acceptors (Lipinski definition) is 4.